The Labute approximate surface area is 78.1 Å². The van der Waals surface area contributed by atoms with Crippen LogP contribution in [0.3, 0.4) is 0 Å². The van der Waals surface area contributed by atoms with Gasteiger partial charge in [-0.05, 0) is 30.7 Å². The lowest BCUT2D eigenvalue weighted by atomic mass is 10.1. The highest BCUT2D eigenvalue weighted by atomic mass is 16.5. The minimum Gasteiger partial charge on any atom is -0.497 e. The van der Waals surface area contributed by atoms with Crippen LogP contribution in [0.4, 0.5) is 0 Å². The Kier molecular flexibility index (Phi) is 3.73. The first-order chi connectivity index (χ1) is 6.27. The first-order valence-electron chi connectivity index (χ1n) is 4.30. The lowest BCUT2D eigenvalue weighted by molar-refractivity contribution is 0.170. The van der Waals surface area contributed by atoms with Crippen molar-refractivity contribution < 1.29 is 9.84 Å². The van der Waals surface area contributed by atoms with Crippen LogP contribution >= 0.6 is 0 Å². The van der Waals surface area contributed by atoms with E-state index in [1.807, 2.05) is 24.3 Å². The summed E-state index contributed by atoms with van der Waals surface area (Å²) in [5, 5.41) is 9.60. The summed E-state index contributed by atoms with van der Waals surface area (Å²) in [7, 11) is 1.61. The maximum Gasteiger partial charge on any atom is 0.119 e. The molecular weight excluding hydrogens is 166 g/mol. The van der Waals surface area contributed by atoms with Crippen molar-refractivity contribution in [1.82, 2.24) is 0 Å². The number of rotatable bonds is 4. The number of nitrogens with two attached hydrogens (primary N) is 1. The number of hydrogen-bond acceptors (Lipinski definition) is 3. The highest BCUT2D eigenvalue weighted by molar-refractivity contribution is 5.29. The normalized spacial score (nSPS) is 12.5. The smallest absolute Gasteiger partial charge is 0.119 e. The highest BCUT2D eigenvalue weighted by Gasteiger charge is 2.06. The predicted octanol–water partition coefficient (Wildman–Crippen LogP) is 1.08. The number of hydrogen-bond donors (Lipinski definition) is 2. The lowest BCUT2D eigenvalue weighted by Crippen LogP contribution is -2.06. The molecule has 0 aromatic heterocycles. The zero-order chi connectivity index (χ0) is 9.68. The number of aliphatic hydroxyl groups excluding tert-OH is 1. The van der Waals surface area contributed by atoms with Gasteiger partial charge in [-0.1, -0.05) is 12.1 Å². The summed E-state index contributed by atoms with van der Waals surface area (Å²) in [4.78, 5) is 0. The summed E-state index contributed by atoms with van der Waals surface area (Å²) in [6.45, 7) is 0.485. The Balaban J connectivity index is 2.75. The van der Waals surface area contributed by atoms with Gasteiger partial charge in [0.15, 0.2) is 0 Å². The summed E-state index contributed by atoms with van der Waals surface area (Å²) in [5.74, 6) is 0.758. The Hall–Kier alpha value is -1.06. The van der Waals surface area contributed by atoms with Crippen molar-refractivity contribution in [1.29, 1.82) is 0 Å². The van der Waals surface area contributed by atoms with Gasteiger partial charge < -0.3 is 15.6 Å². The third-order valence-corrected chi connectivity index (χ3v) is 1.92. The predicted molar refractivity (Wildman–Crippen MR) is 51.6 cm³/mol. The molecule has 3 N–H and O–H groups in total. The molecule has 1 atom stereocenters. The number of ether oxygens (including phenoxy) is 1. The van der Waals surface area contributed by atoms with Gasteiger partial charge in [0.05, 0.1) is 13.2 Å². The summed E-state index contributed by atoms with van der Waals surface area (Å²) in [6.07, 6.45) is 0.0905. The molecule has 0 aliphatic rings. The molecule has 0 aliphatic heterocycles. The maximum absolute atomic E-state index is 9.60. The molecule has 1 aromatic carbocycles. The third-order valence-electron chi connectivity index (χ3n) is 1.92. The van der Waals surface area contributed by atoms with Gasteiger partial charge in [0.25, 0.3) is 0 Å². The van der Waals surface area contributed by atoms with Crippen LogP contribution in [0.25, 0.3) is 0 Å². The summed E-state index contributed by atoms with van der Waals surface area (Å²) < 4.78 is 5.04. The second kappa shape index (κ2) is 4.84. The molecule has 72 valence electrons. The Morgan fingerprint density at radius 1 is 1.54 bits per heavy atom. The summed E-state index contributed by atoms with van der Waals surface area (Å²) >= 11 is 0. The fourth-order valence-corrected chi connectivity index (χ4v) is 1.17. The second-order valence-corrected chi connectivity index (χ2v) is 2.87. The van der Waals surface area contributed by atoms with Crippen molar-refractivity contribution in [2.45, 2.75) is 12.5 Å². The molecule has 1 rings (SSSR count). The average molecular weight is 181 g/mol. The van der Waals surface area contributed by atoms with E-state index < -0.39 is 6.10 Å². The molecular formula is C10H15NO2. The Morgan fingerprint density at radius 2 is 2.31 bits per heavy atom. The highest BCUT2D eigenvalue weighted by Crippen LogP contribution is 2.20. The Bertz CT molecular complexity index is 263. The second-order valence-electron chi connectivity index (χ2n) is 2.87. The van der Waals surface area contributed by atoms with Crippen LogP contribution in [0, 0.1) is 0 Å². The summed E-state index contributed by atoms with van der Waals surface area (Å²) in [5.41, 5.74) is 6.20. The molecule has 0 saturated carbocycles. The minimum absolute atomic E-state index is 0.485. The van der Waals surface area contributed by atoms with Gasteiger partial charge in [0.1, 0.15) is 5.75 Å². The van der Waals surface area contributed by atoms with E-state index in [2.05, 4.69) is 0 Å². The van der Waals surface area contributed by atoms with E-state index in [9.17, 15) is 5.11 Å². The topological polar surface area (TPSA) is 55.5 Å². The van der Waals surface area contributed by atoms with Crippen molar-refractivity contribution in [2.75, 3.05) is 13.7 Å². The molecule has 0 aliphatic carbocycles. The number of benzene rings is 1. The molecule has 3 nitrogen and oxygen atoms in total. The van der Waals surface area contributed by atoms with E-state index >= 15 is 0 Å². The van der Waals surface area contributed by atoms with Gasteiger partial charge in [0.2, 0.25) is 0 Å². The van der Waals surface area contributed by atoms with Crippen LogP contribution in [0.15, 0.2) is 24.3 Å². The molecule has 0 fully saturated rings. The molecule has 0 saturated heterocycles. The number of aliphatic hydroxyl groups is 1. The van der Waals surface area contributed by atoms with E-state index in [0.717, 1.165) is 11.3 Å². The van der Waals surface area contributed by atoms with Crippen molar-refractivity contribution in [2.24, 2.45) is 5.73 Å². The SMILES string of the molecule is COc1cccc([C@@H](O)CCN)c1. The molecule has 0 bridgehead atoms. The first kappa shape index (κ1) is 10.0. The molecule has 0 amide bonds. The average Bonchev–Trinajstić information content (AvgIpc) is 2.18. The quantitative estimate of drug-likeness (QED) is 0.730. The zero-order valence-corrected chi connectivity index (χ0v) is 7.73. The van der Waals surface area contributed by atoms with E-state index in [1.54, 1.807) is 7.11 Å². The van der Waals surface area contributed by atoms with Gasteiger partial charge in [-0.15, -0.1) is 0 Å². The van der Waals surface area contributed by atoms with E-state index in [4.69, 9.17) is 10.5 Å². The molecule has 0 unspecified atom stereocenters. The molecule has 13 heavy (non-hydrogen) atoms. The van der Waals surface area contributed by atoms with Crippen molar-refractivity contribution >= 4 is 0 Å². The molecule has 0 spiro atoms. The standard InChI is InChI=1S/C10H15NO2/c1-13-9-4-2-3-8(7-9)10(12)5-6-11/h2-4,7,10,12H,5-6,11H2,1H3/t10-/m0/s1. The van der Waals surface area contributed by atoms with Gasteiger partial charge >= 0.3 is 0 Å². The molecule has 0 heterocycles. The first-order valence-corrected chi connectivity index (χ1v) is 4.30. The van der Waals surface area contributed by atoms with Gasteiger partial charge in [-0.3, -0.25) is 0 Å². The van der Waals surface area contributed by atoms with E-state index in [0.29, 0.717) is 13.0 Å². The maximum atomic E-state index is 9.60. The monoisotopic (exact) mass is 181 g/mol. The van der Waals surface area contributed by atoms with Crippen LogP contribution in [-0.4, -0.2) is 18.8 Å². The van der Waals surface area contributed by atoms with Crippen LogP contribution in [0.2, 0.25) is 0 Å². The molecule has 3 heteroatoms. The summed E-state index contributed by atoms with van der Waals surface area (Å²) in [6, 6.07) is 7.38. The van der Waals surface area contributed by atoms with Crippen LogP contribution in [-0.2, 0) is 0 Å². The molecule has 1 aromatic rings. The van der Waals surface area contributed by atoms with Crippen LogP contribution < -0.4 is 10.5 Å². The van der Waals surface area contributed by atoms with Gasteiger partial charge in [-0.25, -0.2) is 0 Å². The minimum atomic E-state index is -0.486. The lowest BCUT2D eigenvalue weighted by Gasteiger charge is -2.10. The zero-order valence-electron chi connectivity index (χ0n) is 7.73. The third kappa shape index (κ3) is 2.72. The fraction of sp³-hybridized carbons (Fsp3) is 0.400. The van der Waals surface area contributed by atoms with Gasteiger partial charge in [-0.2, -0.15) is 0 Å². The van der Waals surface area contributed by atoms with Crippen LogP contribution in [0.5, 0.6) is 5.75 Å². The van der Waals surface area contributed by atoms with Crippen molar-refractivity contribution in [3.63, 3.8) is 0 Å². The van der Waals surface area contributed by atoms with Crippen LogP contribution in [0.1, 0.15) is 18.1 Å². The fourth-order valence-electron chi connectivity index (χ4n) is 1.17. The van der Waals surface area contributed by atoms with E-state index in [1.165, 1.54) is 0 Å². The molecule has 0 radical (unpaired) electrons. The largest absolute Gasteiger partial charge is 0.497 e. The van der Waals surface area contributed by atoms with Crippen molar-refractivity contribution in [3.05, 3.63) is 29.8 Å². The number of methoxy groups -OCH3 is 1. The van der Waals surface area contributed by atoms with Gasteiger partial charge in [0, 0.05) is 0 Å². The van der Waals surface area contributed by atoms with Crippen molar-refractivity contribution in [3.8, 4) is 5.75 Å². The Morgan fingerprint density at radius 3 is 2.92 bits per heavy atom. The van der Waals surface area contributed by atoms with E-state index in [-0.39, 0.29) is 0 Å².